The molecule has 1 aromatic rings. The van der Waals surface area contributed by atoms with Crippen LogP contribution in [-0.2, 0) is 0 Å². The van der Waals surface area contributed by atoms with E-state index < -0.39 is 17.6 Å². The van der Waals surface area contributed by atoms with Crippen molar-refractivity contribution in [3.63, 3.8) is 0 Å². The molecule has 0 aromatic carbocycles. The van der Waals surface area contributed by atoms with Crippen molar-refractivity contribution >= 4 is 29.3 Å². The standard InChI is InChI=1S/C11H16ClN3O2S/c1-6(16)11(2,3)15-9(17)8-7(12)5-13-10(14-8)18-4/h5-6,16H,1-4H3,(H,15,17). The summed E-state index contributed by atoms with van der Waals surface area (Å²) in [5.74, 6) is -0.427. The molecule has 1 rings (SSSR count). The number of nitrogens with zero attached hydrogens (tertiary/aromatic N) is 2. The van der Waals surface area contributed by atoms with Gasteiger partial charge in [-0.1, -0.05) is 23.4 Å². The van der Waals surface area contributed by atoms with Crippen molar-refractivity contribution in [3.8, 4) is 0 Å². The SMILES string of the molecule is CSc1ncc(Cl)c(C(=O)NC(C)(C)C(C)O)n1. The molecule has 5 nitrogen and oxygen atoms in total. The van der Waals surface area contributed by atoms with E-state index in [0.717, 1.165) is 0 Å². The Labute approximate surface area is 115 Å². The number of hydrogen-bond donors (Lipinski definition) is 2. The highest BCUT2D eigenvalue weighted by Crippen LogP contribution is 2.18. The topological polar surface area (TPSA) is 75.1 Å². The van der Waals surface area contributed by atoms with Crippen molar-refractivity contribution in [2.45, 2.75) is 37.6 Å². The summed E-state index contributed by atoms with van der Waals surface area (Å²) in [6, 6.07) is 0. The van der Waals surface area contributed by atoms with Crippen LogP contribution >= 0.6 is 23.4 Å². The van der Waals surface area contributed by atoms with Gasteiger partial charge in [0.15, 0.2) is 10.9 Å². The van der Waals surface area contributed by atoms with E-state index in [1.54, 1.807) is 20.8 Å². The quantitative estimate of drug-likeness (QED) is 0.652. The highest BCUT2D eigenvalue weighted by molar-refractivity contribution is 7.98. The fourth-order valence-electron chi connectivity index (χ4n) is 1.06. The predicted octanol–water partition coefficient (Wildman–Crippen LogP) is 1.74. The molecule has 100 valence electrons. The molecule has 1 aromatic heterocycles. The second kappa shape index (κ2) is 5.86. The van der Waals surface area contributed by atoms with Crippen LogP contribution in [0.1, 0.15) is 31.3 Å². The molecule has 0 saturated heterocycles. The molecule has 1 unspecified atom stereocenters. The minimum atomic E-state index is -0.759. The number of rotatable bonds is 4. The number of carbonyl (C=O) groups excluding carboxylic acids is 1. The maximum absolute atomic E-state index is 12.0. The average molecular weight is 290 g/mol. The average Bonchev–Trinajstić information content (AvgIpc) is 2.28. The van der Waals surface area contributed by atoms with Gasteiger partial charge in [0.1, 0.15) is 0 Å². The number of halogens is 1. The van der Waals surface area contributed by atoms with E-state index in [9.17, 15) is 9.90 Å². The van der Waals surface area contributed by atoms with E-state index in [4.69, 9.17) is 11.6 Å². The lowest BCUT2D eigenvalue weighted by Gasteiger charge is -2.29. The lowest BCUT2D eigenvalue weighted by molar-refractivity contribution is 0.0705. The van der Waals surface area contributed by atoms with Gasteiger partial charge in [-0.2, -0.15) is 0 Å². The fourth-order valence-corrected chi connectivity index (χ4v) is 1.58. The van der Waals surface area contributed by atoms with Crippen LogP contribution in [0, 0.1) is 0 Å². The Morgan fingerprint density at radius 3 is 2.72 bits per heavy atom. The summed E-state index contributed by atoms with van der Waals surface area (Å²) in [6.45, 7) is 5.05. The van der Waals surface area contributed by atoms with E-state index in [-0.39, 0.29) is 10.7 Å². The number of hydrogen-bond acceptors (Lipinski definition) is 5. The minimum absolute atomic E-state index is 0.116. The Morgan fingerprint density at radius 1 is 1.61 bits per heavy atom. The van der Waals surface area contributed by atoms with E-state index in [1.165, 1.54) is 18.0 Å². The number of aromatic nitrogens is 2. The summed E-state index contributed by atoms with van der Waals surface area (Å²) in [6.07, 6.45) is 2.51. The third-order valence-corrected chi connectivity index (χ3v) is 3.44. The van der Waals surface area contributed by atoms with Crippen LogP contribution in [0.3, 0.4) is 0 Å². The van der Waals surface area contributed by atoms with E-state index >= 15 is 0 Å². The highest BCUT2D eigenvalue weighted by atomic mass is 35.5. The lowest BCUT2D eigenvalue weighted by atomic mass is 9.98. The first kappa shape index (κ1) is 15.2. The van der Waals surface area contributed by atoms with Gasteiger partial charge >= 0.3 is 0 Å². The maximum Gasteiger partial charge on any atom is 0.272 e. The normalized spacial score (nSPS) is 13.2. The van der Waals surface area contributed by atoms with Crippen molar-refractivity contribution in [2.24, 2.45) is 0 Å². The smallest absolute Gasteiger partial charge is 0.272 e. The Hall–Kier alpha value is -0.850. The maximum atomic E-state index is 12.0. The molecule has 1 amide bonds. The van der Waals surface area contributed by atoms with Crippen LogP contribution in [0.4, 0.5) is 0 Å². The van der Waals surface area contributed by atoms with Gasteiger partial charge in [-0.15, -0.1) is 0 Å². The van der Waals surface area contributed by atoms with Gasteiger partial charge in [0.2, 0.25) is 0 Å². The molecule has 0 radical (unpaired) electrons. The van der Waals surface area contributed by atoms with Crippen molar-refractivity contribution in [1.82, 2.24) is 15.3 Å². The van der Waals surface area contributed by atoms with Crippen LogP contribution < -0.4 is 5.32 Å². The molecule has 0 aliphatic carbocycles. The van der Waals surface area contributed by atoms with Gasteiger partial charge in [0.25, 0.3) is 5.91 Å². The minimum Gasteiger partial charge on any atom is -0.391 e. The molecular formula is C11H16ClN3O2S. The molecule has 0 spiro atoms. The first-order valence-electron chi connectivity index (χ1n) is 5.35. The van der Waals surface area contributed by atoms with Crippen LogP contribution in [0.15, 0.2) is 11.4 Å². The summed E-state index contributed by atoms with van der Waals surface area (Å²) in [5.41, 5.74) is -0.644. The largest absolute Gasteiger partial charge is 0.391 e. The van der Waals surface area contributed by atoms with E-state index in [1.807, 2.05) is 6.26 Å². The summed E-state index contributed by atoms with van der Waals surface area (Å²) in [7, 11) is 0. The predicted molar refractivity (Wildman–Crippen MR) is 72.0 cm³/mol. The highest BCUT2D eigenvalue weighted by Gasteiger charge is 2.28. The third kappa shape index (κ3) is 3.57. The van der Waals surface area contributed by atoms with Gasteiger partial charge in [-0.05, 0) is 27.0 Å². The zero-order chi connectivity index (χ0) is 13.9. The first-order chi connectivity index (χ1) is 8.27. The summed E-state index contributed by atoms with van der Waals surface area (Å²) < 4.78 is 0. The fraction of sp³-hybridized carbons (Fsp3) is 0.545. The van der Waals surface area contributed by atoms with Gasteiger partial charge in [0.05, 0.1) is 22.9 Å². The van der Waals surface area contributed by atoms with Crippen molar-refractivity contribution in [2.75, 3.05) is 6.26 Å². The molecule has 0 saturated carbocycles. The number of nitrogens with one attached hydrogen (secondary N) is 1. The van der Waals surface area contributed by atoms with Gasteiger partial charge < -0.3 is 10.4 Å². The number of aliphatic hydroxyl groups is 1. The Morgan fingerprint density at radius 2 is 2.22 bits per heavy atom. The molecular weight excluding hydrogens is 274 g/mol. The van der Waals surface area contributed by atoms with Gasteiger partial charge in [-0.25, -0.2) is 9.97 Å². The van der Waals surface area contributed by atoms with Gasteiger partial charge in [-0.3, -0.25) is 4.79 Å². The molecule has 0 aliphatic heterocycles. The van der Waals surface area contributed by atoms with Crippen molar-refractivity contribution in [1.29, 1.82) is 0 Å². The molecule has 0 bridgehead atoms. The molecule has 2 N–H and O–H groups in total. The molecule has 1 atom stereocenters. The van der Waals surface area contributed by atoms with Crippen LogP contribution in [0.2, 0.25) is 5.02 Å². The summed E-state index contributed by atoms with van der Waals surface area (Å²) in [5, 5.41) is 12.9. The van der Waals surface area contributed by atoms with Gasteiger partial charge in [0, 0.05) is 0 Å². The summed E-state index contributed by atoms with van der Waals surface area (Å²) in [4.78, 5) is 20.1. The van der Waals surface area contributed by atoms with E-state index in [0.29, 0.717) is 5.16 Å². The Kier molecular flexibility index (Phi) is 4.95. The zero-order valence-electron chi connectivity index (χ0n) is 10.7. The third-order valence-electron chi connectivity index (χ3n) is 2.60. The molecule has 0 aliphatic rings. The zero-order valence-corrected chi connectivity index (χ0v) is 12.3. The molecule has 7 heteroatoms. The monoisotopic (exact) mass is 289 g/mol. The lowest BCUT2D eigenvalue weighted by Crippen LogP contribution is -2.51. The van der Waals surface area contributed by atoms with Crippen LogP contribution in [0.25, 0.3) is 0 Å². The first-order valence-corrected chi connectivity index (χ1v) is 6.95. The number of amides is 1. The molecule has 0 fully saturated rings. The van der Waals surface area contributed by atoms with Crippen molar-refractivity contribution in [3.05, 3.63) is 16.9 Å². The molecule has 18 heavy (non-hydrogen) atoms. The summed E-state index contributed by atoms with van der Waals surface area (Å²) >= 11 is 7.22. The van der Waals surface area contributed by atoms with Crippen LogP contribution in [-0.4, -0.2) is 38.9 Å². The Bertz CT molecular complexity index is 452. The second-order valence-electron chi connectivity index (χ2n) is 4.41. The molecule has 1 heterocycles. The Balaban J connectivity index is 2.97. The number of aliphatic hydroxyl groups excluding tert-OH is 1. The number of thioether (sulfide) groups is 1. The van der Waals surface area contributed by atoms with Crippen molar-refractivity contribution < 1.29 is 9.90 Å². The second-order valence-corrected chi connectivity index (χ2v) is 5.59. The van der Waals surface area contributed by atoms with Crippen LogP contribution in [0.5, 0.6) is 0 Å². The van der Waals surface area contributed by atoms with E-state index in [2.05, 4.69) is 15.3 Å². The number of carbonyl (C=O) groups is 1.